The van der Waals surface area contributed by atoms with Crippen molar-refractivity contribution >= 4 is 23.0 Å². The van der Waals surface area contributed by atoms with Crippen molar-refractivity contribution in [3.63, 3.8) is 0 Å². The third-order valence-corrected chi connectivity index (χ3v) is 3.97. The molecule has 0 aliphatic rings. The molecule has 0 amide bonds. The molecule has 0 saturated heterocycles. The summed E-state index contributed by atoms with van der Waals surface area (Å²) in [6.45, 7) is 2.11. The van der Waals surface area contributed by atoms with Crippen molar-refractivity contribution in [2.45, 2.75) is 19.3 Å². The Kier molecular flexibility index (Phi) is 4.97. The zero-order chi connectivity index (χ0) is 15.4. The Labute approximate surface area is 130 Å². The van der Waals surface area contributed by atoms with Gasteiger partial charge in [0.25, 0.3) is 0 Å². The van der Waals surface area contributed by atoms with Gasteiger partial charge in [-0.15, -0.1) is 11.6 Å². The van der Waals surface area contributed by atoms with Crippen LogP contribution in [0.4, 0.5) is 11.4 Å². The number of anilines is 2. The Morgan fingerprint density at radius 2 is 1.86 bits per heavy atom. The largest absolute Gasteiger partial charge is 0.495 e. The quantitative estimate of drug-likeness (QED) is 0.652. The van der Waals surface area contributed by atoms with Crippen molar-refractivity contribution in [2.75, 3.05) is 24.5 Å². The molecule has 0 aromatic heterocycles. The Morgan fingerprint density at radius 3 is 2.48 bits per heavy atom. The number of nitrogen functional groups attached to an aromatic ring is 2. The highest BCUT2D eigenvalue weighted by atomic mass is 35.5. The van der Waals surface area contributed by atoms with Gasteiger partial charge >= 0.3 is 0 Å². The predicted octanol–water partition coefficient (Wildman–Crippen LogP) is 3.79. The predicted molar refractivity (Wildman–Crippen MR) is 90.2 cm³/mol. The van der Waals surface area contributed by atoms with Crippen LogP contribution >= 0.6 is 11.6 Å². The first-order chi connectivity index (χ1) is 10.1. The zero-order valence-corrected chi connectivity index (χ0v) is 13.2. The summed E-state index contributed by atoms with van der Waals surface area (Å²) >= 11 is 6.21. The van der Waals surface area contributed by atoms with Crippen LogP contribution in [0.25, 0.3) is 0 Å². The molecule has 4 N–H and O–H groups in total. The molecule has 0 aliphatic heterocycles. The molecule has 2 rings (SSSR count). The van der Waals surface area contributed by atoms with E-state index in [2.05, 4.69) is 13.0 Å². The van der Waals surface area contributed by atoms with E-state index in [-0.39, 0.29) is 5.92 Å². The van der Waals surface area contributed by atoms with E-state index in [1.54, 1.807) is 7.11 Å². The second-order valence-corrected chi connectivity index (χ2v) is 5.38. The summed E-state index contributed by atoms with van der Waals surface area (Å²) in [4.78, 5) is 0. The van der Waals surface area contributed by atoms with Crippen LogP contribution in [-0.4, -0.2) is 13.0 Å². The number of aryl methyl sites for hydroxylation is 1. The SMILES string of the molecule is CCc1cc(N)cc(C(CCl)c2ccc(N)c(OC)c2)c1. The van der Waals surface area contributed by atoms with Gasteiger partial charge in [0.1, 0.15) is 5.75 Å². The highest BCUT2D eigenvalue weighted by molar-refractivity contribution is 6.18. The van der Waals surface area contributed by atoms with Crippen molar-refractivity contribution in [2.24, 2.45) is 0 Å². The third-order valence-electron chi connectivity index (χ3n) is 3.66. The molecule has 1 atom stereocenters. The summed E-state index contributed by atoms with van der Waals surface area (Å²) in [5.74, 6) is 1.21. The van der Waals surface area contributed by atoms with E-state index in [1.165, 1.54) is 5.56 Å². The molecule has 21 heavy (non-hydrogen) atoms. The fraction of sp³-hybridized carbons (Fsp3) is 0.294. The first kappa shape index (κ1) is 15.5. The van der Waals surface area contributed by atoms with Gasteiger partial charge in [0.2, 0.25) is 0 Å². The van der Waals surface area contributed by atoms with Gasteiger partial charge in [-0.3, -0.25) is 0 Å². The van der Waals surface area contributed by atoms with E-state index in [4.69, 9.17) is 27.8 Å². The number of methoxy groups -OCH3 is 1. The molecule has 0 spiro atoms. The second kappa shape index (κ2) is 6.72. The Bertz CT molecular complexity index is 628. The van der Waals surface area contributed by atoms with Crippen LogP contribution in [0.2, 0.25) is 0 Å². The van der Waals surface area contributed by atoms with Gasteiger partial charge in [0.15, 0.2) is 0 Å². The Balaban J connectivity index is 2.46. The molecule has 0 saturated carbocycles. The van der Waals surface area contributed by atoms with Gasteiger partial charge in [0.05, 0.1) is 12.8 Å². The molecule has 2 aromatic rings. The van der Waals surface area contributed by atoms with E-state index >= 15 is 0 Å². The summed E-state index contributed by atoms with van der Waals surface area (Å²) in [5, 5.41) is 0. The molecular weight excluding hydrogens is 284 g/mol. The van der Waals surface area contributed by atoms with Crippen LogP contribution in [0.3, 0.4) is 0 Å². The first-order valence-electron chi connectivity index (χ1n) is 6.97. The van der Waals surface area contributed by atoms with Gasteiger partial charge < -0.3 is 16.2 Å². The number of nitrogens with two attached hydrogens (primary N) is 2. The highest BCUT2D eigenvalue weighted by Gasteiger charge is 2.16. The van der Waals surface area contributed by atoms with Gasteiger partial charge in [-0.1, -0.05) is 19.1 Å². The molecule has 3 nitrogen and oxygen atoms in total. The van der Waals surface area contributed by atoms with E-state index in [9.17, 15) is 0 Å². The average Bonchev–Trinajstić information content (AvgIpc) is 2.49. The van der Waals surface area contributed by atoms with Crippen LogP contribution in [0.15, 0.2) is 36.4 Å². The summed E-state index contributed by atoms with van der Waals surface area (Å²) < 4.78 is 5.29. The molecule has 1 unspecified atom stereocenters. The number of benzene rings is 2. The summed E-state index contributed by atoms with van der Waals surface area (Å²) in [5.41, 5.74) is 16.7. The third kappa shape index (κ3) is 3.42. The molecule has 0 radical (unpaired) electrons. The lowest BCUT2D eigenvalue weighted by Crippen LogP contribution is -2.06. The lowest BCUT2D eigenvalue weighted by Gasteiger charge is -2.18. The van der Waals surface area contributed by atoms with Crippen LogP contribution in [-0.2, 0) is 6.42 Å². The number of rotatable bonds is 5. The van der Waals surface area contributed by atoms with Crippen molar-refractivity contribution in [1.82, 2.24) is 0 Å². The van der Waals surface area contributed by atoms with E-state index in [0.717, 1.165) is 23.2 Å². The van der Waals surface area contributed by atoms with Crippen molar-refractivity contribution < 1.29 is 4.74 Å². The highest BCUT2D eigenvalue weighted by Crippen LogP contribution is 2.32. The van der Waals surface area contributed by atoms with Crippen LogP contribution in [0.1, 0.15) is 29.5 Å². The monoisotopic (exact) mass is 304 g/mol. The number of ether oxygens (including phenoxy) is 1. The molecule has 0 heterocycles. The summed E-state index contributed by atoms with van der Waals surface area (Å²) in [6, 6.07) is 11.9. The van der Waals surface area contributed by atoms with Gasteiger partial charge in [0, 0.05) is 17.5 Å². The van der Waals surface area contributed by atoms with E-state index in [0.29, 0.717) is 17.3 Å². The van der Waals surface area contributed by atoms with Crippen LogP contribution in [0, 0.1) is 0 Å². The number of hydrogen-bond acceptors (Lipinski definition) is 3. The maximum atomic E-state index is 6.21. The van der Waals surface area contributed by atoms with Crippen molar-refractivity contribution in [1.29, 1.82) is 0 Å². The lowest BCUT2D eigenvalue weighted by molar-refractivity contribution is 0.416. The molecule has 4 heteroatoms. The average molecular weight is 305 g/mol. The van der Waals surface area contributed by atoms with Gasteiger partial charge in [-0.05, 0) is 47.4 Å². The Morgan fingerprint density at radius 1 is 1.10 bits per heavy atom. The summed E-state index contributed by atoms with van der Waals surface area (Å²) in [6.07, 6.45) is 0.943. The number of alkyl halides is 1. The minimum absolute atomic E-state index is 0.0648. The lowest BCUT2D eigenvalue weighted by atomic mass is 9.90. The number of hydrogen-bond donors (Lipinski definition) is 2. The second-order valence-electron chi connectivity index (χ2n) is 5.07. The molecule has 2 aromatic carbocycles. The van der Waals surface area contributed by atoms with E-state index in [1.807, 2.05) is 30.3 Å². The smallest absolute Gasteiger partial charge is 0.142 e. The molecular formula is C17H21ClN2O. The zero-order valence-electron chi connectivity index (χ0n) is 12.4. The minimum atomic E-state index is 0.0648. The maximum Gasteiger partial charge on any atom is 0.142 e. The Hall–Kier alpha value is -1.87. The first-order valence-corrected chi connectivity index (χ1v) is 7.51. The fourth-order valence-corrected chi connectivity index (χ4v) is 2.82. The van der Waals surface area contributed by atoms with E-state index < -0.39 is 0 Å². The fourth-order valence-electron chi connectivity index (χ4n) is 2.47. The molecule has 0 aliphatic carbocycles. The van der Waals surface area contributed by atoms with Crippen molar-refractivity contribution in [3.05, 3.63) is 53.1 Å². The topological polar surface area (TPSA) is 61.3 Å². The molecule has 0 bridgehead atoms. The van der Waals surface area contributed by atoms with Gasteiger partial charge in [-0.25, -0.2) is 0 Å². The standard InChI is InChI=1S/C17H21ClN2O/c1-3-11-6-13(8-14(19)7-11)15(10-18)12-4-5-16(20)17(9-12)21-2/h4-9,15H,3,10,19-20H2,1-2H3. The van der Waals surface area contributed by atoms with Gasteiger partial charge in [-0.2, -0.15) is 0 Å². The normalized spacial score (nSPS) is 12.1. The van der Waals surface area contributed by atoms with Crippen molar-refractivity contribution in [3.8, 4) is 5.75 Å². The van der Waals surface area contributed by atoms with Crippen LogP contribution in [0.5, 0.6) is 5.75 Å². The number of halogens is 1. The molecule has 0 fully saturated rings. The minimum Gasteiger partial charge on any atom is -0.495 e. The summed E-state index contributed by atoms with van der Waals surface area (Å²) in [7, 11) is 1.61. The van der Waals surface area contributed by atoms with Crippen LogP contribution < -0.4 is 16.2 Å². The molecule has 112 valence electrons. The maximum absolute atomic E-state index is 6.21.